The van der Waals surface area contributed by atoms with Gasteiger partial charge in [0.25, 0.3) is 0 Å². The number of anilines is 1. The number of rotatable bonds is 4. The minimum atomic E-state index is 0.108. The van der Waals surface area contributed by atoms with Crippen molar-refractivity contribution in [2.45, 2.75) is 26.2 Å². The average Bonchev–Trinajstić information content (AvgIpc) is 2.74. The quantitative estimate of drug-likeness (QED) is 0.572. The molecule has 2 rings (SSSR count). The van der Waals surface area contributed by atoms with Gasteiger partial charge in [-0.25, -0.2) is 4.31 Å². The van der Waals surface area contributed by atoms with Gasteiger partial charge in [-0.1, -0.05) is 25.5 Å². The van der Waals surface area contributed by atoms with Gasteiger partial charge in [0.1, 0.15) is 0 Å². The van der Waals surface area contributed by atoms with Crippen LogP contribution in [0, 0.1) is 0 Å². The molecule has 1 fully saturated rings. The number of hydrogen-bond donors (Lipinski definition) is 0. The van der Waals surface area contributed by atoms with Crippen LogP contribution < -0.4 is 4.31 Å². The summed E-state index contributed by atoms with van der Waals surface area (Å²) in [5.41, 5.74) is 2.33. The Morgan fingerprint density at radius 3 is 2.56 bits per heavy atom. The Labute approximate surface area is 107 Å². The Bertz CT molecular complexity index is 366. The predicted molar refractivity (Wildman–Crippen MR) is 75.7 cm³/mol. The van der Waals surface area contributed by atoms with Crippen molar-refractivity contribution < 1.29 is 4.79 Å². The first-order valence-electron chi connectivity index (χ1n) is 5.25. The zero-order chi connectivity index (χ0) is 11.4. The summed E-state index contributed by atoms with van der Waals surface area (Å²) in [5.74, 6) is 0. The zero-order valence-electron chi connectivity index (χ0n) is 9.01. The molecule has 1 aromatic carbocycles. The molecule has 86 valence electrons. The third kappa shape index (κ3) is 2.90. The number of benzene rings is 1. The molecule has 5 heteroatoms. The average molecular weight is 271 g/mol. The molecular formula is C11H13NOS3. The van der Waals surface area contributed by atoms with Crippen molar-refractivity contribution in [3.8, 4) is 0 Å². The molecule has 0 radical (unpaired) electrons. The summed E-state index contributed by atoms with van der Waals surface area (Å²) < 4.78 is 1.74. The van der Waals surface area contributed by atoms with E-state index in [-0.39, 0.29) is 5.24 Å². The van der Waals surface area contributed by atoms with E-state index in [0.717, 1.165) is 12.1 Å². The Morgan fingerprint density at radius 2 is 2.00 bits per heavy atom. The topological polar surface area (TPSA) is 20.3 Å². The summed E-state index contributed by atoms with van der Waals surface area (Å²) in [4.78, 5) is 11.5. The molecule has 0 bridgehead atoms. The van der Waals surface area contributed by atoms with Gasteiger partial charge in [-0.2, -0.15) is 0 Å². The highest BCUT2D eigenvalue weighted by molar-refractivity contribution is 9.14. The highest BCUT2D eigenvalue weighted by atomic mass is 33.5. The van der Waals surface area contributed by atoms with Gasteiger partial charge in [-0.3, -0.25) is 4.79 Å². The van der Waals surface area contributed by atoms with Crippen LogP contribution in [0.3, 0.4) is 0 Å². The fraction of sp³-hybridized carbons (Fsp3) is 0.364. The van der Waals surface area contributed by atoms with Crippen molar-refractivity contribution in [1.29, 1.82) is 0 Å². The lowest BCUT2D eigenvalue weighted by Crippen LogP contribution is -2.12. The summed E-state index contributed by atoms with van der Waals surface area (Å²) in [6.45, 7) is 2.20. The number of carbonyl (C=O) groups is 1. The molecule has 0 spiro atoms. The summed E-state index contributed by atoms with van der Waals surface area (Å²) in [7, 11) is 4.29. The minimum Gasteiger partial charge on any atom is -0.259 e. The van der Waals surface area contributed by atoms with Gasteiger partial charge in [-0.05, 0) is 30.5 Å². The monoisotopic (exact) mass is 271 g/mol. The highest BCUT2D eigenvalue weighted by Crippen LogP contribution is 2.49. The van der Waals surface area contributed by atoms with Crippen molar-refractivity contribution in [1.82, 2.24) is 0 Å². The summed E-state index contributed by atoms with van der Waals surface area (Å²) in [6, 6.07) is 8.30. The predicted octanol–water partition coefficient (Wildman–Crippen LogP) is 4.91. The molecule has 1 aliphatic heterocycles. The lowest BCUT2D eigenvalue weighted by Gasteiger charge is -2.12. The van der Waals surface area contributed by atoms with Gasteiger partial charge in [0.15, 0.2) is 0 Å². The molecule has 0 aliphatic carbocycles. The van der Waals surface area contributed by atoms with Crippen molar-refractivity contribution in [2.24, 2.45) is 0 Å². The van der Waals surface area contributed by atoms with E-state index >= 15 is 0 Å². The lowest BCUT2D eigenvalue weighted by atomic mass is 10.1. The van der Waals surface area contributed by atoms with E-state index in [0.29, 0.717) is 0 Å². The molecular weight excluding hydrogens is 258 g/mol. The van der Waals surface area contributed by atoms with Gasteiger partial charge in [0, 0.05) is 31.6 Å². The van der Waals surface area contributed by atoms with E-state index in [9.17, 15) is 4.79 Å². The van der Waals surface area contributed by atoms with Crippen LogP contribution in [0.1, 0.15) is 25.3 Å². The molecule has 1 aliphatic rings. The van der Waals surface area contributed by atoms with Crippen molar-refractivity contribution in [3.05, 3.63) is 29.8 Å². The first kappa shape index (κ1) is 12.2. The number of carbonyl (C=O) groups excluding carboxylic acids is 1. The summed E-state index contributed by atoms with van der Waals surface area (Å²) >= 11 is 0. The van der Waals surface area contributed by atoms with E-state index in [2.05, 4.69) is 19.1 Å². The summed E-state index contributed by atoms with van der Waals surface area (Å²) in [5, 5.41) is 0.108. The van der Waals surface area contributed by atoms with Crippen molar-refractivity contribution >= 4 is 42.5 Å². The van der Waals surface area contributed by atoms with Crippen LogP contribution in [0.2, 0.25) is 0 Å². The molecule has 16 heavy (non-hydrogen) atoms. The number of aryl methyl sites for hydroxylation is 1. The molecule has 0 unspecified atom stereocenters. The van der Waals surface area contributed by atoms with Crippen LogP contribution in [0.4, 0.5) is 10.5 Å². The largest absolute Gasteiger partial charge is 0.308 e. The van der Waals surface area contributed by atoms with Crippen LogP contribution in [0.5, 0.6) is 0 Å². The lowest BCUT2D eigenvalue weighted by molar-refractivity contribution is 0.268. The van der Waals surface area contributed by atoms with Crippen LogP contribution in [-0.4, -0.2) is 5.24 Å². The number of hydrogen-bond acceptors (Lipinski definition) is 4. The molecule has 2 nitrogen and oxygen atoms in total. The molecule has 1 amide bonds. The maximum Gasteiger partial charge on any atom is 0.308 e. The standard InChI is InChI=1S/C11H13NOS3/c1-2-3-4-9-5-7-10(8-6-9)12-11(13)14-16-15-12/h5-8H,2-4H2,1H3. The second kappa shape index (κ2) is 5.89. The SMILES string of the molecule is CCCCc1ccc(N2SSSC2=O)cc1. The fourth-order valence-corrected chi connectivity index (χ4v) is 5.04. The van der Waals surface area contributed by atoms with Gasteiger partial charge >= 0.3 is 5.24 Å². The first-order valence-corrected chi connectivity index (χ1v) is 8.69. The Hall–Kier alpha value is -0.260. The molecule has 0 atom stereocenters. The van der Waals surface area contributed by atoms with Crippen LogP contribution in [0.15, 0.2) is 24.3 Å². The van der Waals surface area contributed by atoms with Crippen molar-refractivity contribution in [3.63, 3.8) is 0 Å². The van der Waals surface area contributed by atoms with Crippen LogP contribution in [0.25, 0.3) is 0 Å². The molecule has 0 N–H and O–H groups in total. The molecule has 0 saturated carbocycles. The van der Waals surface area contributed by atoms with E-state index < -0.39 is 0 Å². The third-order valence-corrected chi connectivity index (χ3v) is 5.88. The Balaban J connectivity index is 2.04. The van der Waals surface area contributed by atoms with E-state index in [1.54, 1.807) is 4.31 Å². The second-order valence-electron chi connectivity index (χ2n) is 3.56. The van der Waals surface area contributed by atoms with Crippen molar-refractivity contribution in [2.75, 3.05) is 4.31 Å². The second-order valence-corrected chi connectivity index (χ2v) is 7.30. The van der Waals surface area contributed by atoms with E-state index in [1.165, 1.54) is 50.0 Å². The maximum atomic E-state index is 11.5. The molecule has 1 saturated heterocycles. The minimum absolute atomic E-state index is 0.108. The third-order valence-electron chi connectivity index (χ3n) is 2.37. The van der Waals surface area contributed by atoms with E-state index in [1.807, 2.05) is 12.1 Å². The Kier molecular flexibility index (Phi) is 4.49. The highest BCUT2D eigenvalue weighted by Gasteiger charge is 2.25. The van der Waals surface area contributed by atoms with Gasteiger partial charge in [-0.15, -0.1) is 0 Å². The summed E-state index contributed by atoms with van der Waals surface area (Å²) in [6.07, 6.45) is 3.57. The Morgan fingerprint density at radius 1 is 1.25 bits per heavy atom. The normalized spacial score (nSPS) is 15.8. The molecule has 1 aromatic rings. The first-order chi connectivity index (χ1) is 7.81. The smallest absolute Gasteiger partial charge is 0.259 e. The number of nitrogens with zero attached hydrogens (tertiary/aromatic N) is 1. The maximum absolute atomic E-state index is 11.5. The zero-order valence-corrected chi connectivity index (χ0v) is 11.5. The fourth-order valence-electron chi connectivity index (χ4n) is 1.47. The van der Waals surface area contributed by atoms with Crippen LogP contribution >= 0.6 is 31.6 Å². The van der Waals surface area contributed by atoms with Crippen LogP contribution in [-0.2, 0) is 6.42 Å². The van der Waals surface area contributed by atoms with Gasteiger partial charge in [0.05, 0.1) is 5.69 Å². The molecule has 1 heterocycles. The van der Waals surface area contributed by atoms with Gasteiger partial charge < -0.3 is 0 Å². The number of unbranched alkanes of at least 4 members (excludes halogenated alkanes) is 1. The van der Waals surface area contributed by atoms with Gasteiger partial charge in [0.2, 0.25) is 0 Å². The van der Waals surface area contributed by atoms with E-state index in [4.69, 9.17) is 0 Å². The molecule has 0 aromatic heterocycles. The number of amides is 1.